The van der Waals surface area contributed by atoms with Gasteiger partial charge in [-0.15, -0.1) is 0 Å². The van der Waals surface area contributed by atoms with Gasteiger partial charge < -0.3 is 20.5 Å². The molecule has 0 amide bonds. The number of nitrogen functional groups attached to an aromatic ring is 1. The number of nitrogens with one attached hydrogen (secondary N) is 1. The van der Waals surface area contributed by atoms with Crippen LogP contribution in [0.25, 0.3) is 11.3 Å². The van der Waals surface area contributed by atoms with E-state index in [0.29, 0.717) is 24.0 Å². The Bertz CT molecular complexity index is 1130. The van der Waals surface area contributed by atoms with Gasteiger partial charge in [-0.2, -0.15) is 0 Å². The van der Waals surface area contributed by atoms with Gasteiger partial charge in [0.1, 0.15) is 18.1 Å². The van der Waals surface area contributed by atoms with Crippen LogP contribution in [0.5, 0.6) is 11.5 Å². The first-order chi connectivity index (χ1) is 14.7. The van der Waals surface area contributed by atoms with Crippen molar-refractivity contribution in [3.63, 3.8) is 0 Å². The molecule has 1 heterocycles. The predicted octanol–water partition coefficient (Wildman–Crippen LogP) is 5.06. The van der Waals surface area contributed by atoms with Crippen LogP contribution >= 0.6 is 0 Å². The summed E-state index contributed by atoms with van der Waals surface area (Å²) < 4.78 is 11.1. The molecule has 0 fully saturated rings. The van der Waals surface area contributed by atoms with Crippen molar-refractivity contribution in [2.75, 3.05) is 18.2 Å². The van der Waals surface area contributed by atoms with Crippen LogP contribution in [-0.4, -0.2) is 17.1 Å². The highest BCUT2D eigenvalue weighted by Crippen LogP contribution is 2.28. The van der Waals surface area contributed by atoms with Gasteiger partial charge in [0.25, 0.3) is 0 Å². The molecule has 0 radical (unpaired) electrons. The number of aromatic nitrogens is 2. The van der Waals surface area contributed by atoms with Crippen molar-refractivity contribution >= 4 is 17.3 Å². The number of methoxy groups -OCH3 is 1. The van der Waals surface area contributed by atoms with Crippen LogP contribution in [0, 0.1) is 0 Å². The third-order valence-electron chi connectivity index (χ3n) is 4.52. The number of nitrogens with zero attached hydrogens (tertiary/aromatic N) is 2. The van der Waals surface area contributed by atoms with Gasteiger partial charge in [-0.05, 0) is 42.0 Å². The summed E-state index contributed by atoms with van der Waals surface area (Å²) in [6, 6.07) is 25.2. The number of ether oxygens (including phenoxy) is 2. The molecule has 0 saturated heterocycles. The zero-order valence-corrected chi connectivity index (χ0v) is 16.6. The first kappa shape index (κ1) is 19.3. The van der Waals surface area contributed by atoms with Gasteiger partial charge in [-0.25, -0.2) is 9.97 Å². The molecule has 0 spiro atoms. The maximum Gasteiger partial charge on any atom is 0.227 e. The summed E-state index contributed by atoms with van der Waals surface area (Å²) in [6.07, 6.45) is 1.71. The Morgan fingerprint density at radius 3 is 2.60 bits per heavy atom. The van der Waals surface area contributed by atoms with E-state index in [1.54, 1.807) is 13.3 Å². The fourth-order valence-corrected chi connectivity index (χ4v) is 3.01. The lowest BCUT2D eigenvalue weighted by Gasteiger charge is -2.10. The van der Waals surface area contributed by atoms with E-state index in [0.717, 1.165) is 28.3 Å². The molecule has 0 aliphatic carbocycles. The highest BCUT2D eigenvalue weighted by molar-refractivity contribution is 5.69. The summed E-state index contributed by atoms with van der Waals surface area (Å²) in [5.41, 5.74) is 10.2. The summed E-state index contributed by atoms with van der Waals surface area (Å²) >= 11 is 0. The average molecular weight is 398 g/mol. The topological polar surface area (TPSA) is 82.3 Å². The van der Waals surface area contributed by atoms with Crippen LogP contribution < -0.4 is 20.5 Å². The zero-order valence-electron chi connectivity index (χ0n) is 16.6. The molecule has 30 heavy (non-hydrogen) atoms. The molecule has 0 atom stereocenters. The molecule has 0 saturated carbocycles. The zero-order chi connectivity index (χ0) is 20.8. The van der Waals surface area contributed by atoms with Crippen molar-refractivity contribution in [3.05, 3.63) is 90.6 Å². The lowest BCUT2D eigenvalue weighted by molar-refractivity contribution is 0.306. The second kappa shape index (κ2) is 8.96. The summed E-state index contributed by atoms with van der Waals surface area (Å²) in [7, 11) is 1.59. The molecular weight excluding hydrogens is 376 g/mol. The monoisotopic (exact) mass is 398 g/mol. The van der Waals surface area contributed by atoms with Crippen molar-refractivity contribution in [2.45, 2.75) is 6.61 Å². The minimum absolute atomic E-state index is 0.488. The molecule has 0 aliphatic rings. The number of nitrogens with two attached hydrogens (primary N) is 1. The van der Waals surface area contributed by atoms with Crippen molar-refractivity contribution in [1.82, 2.24) is 9.97 Å². The smallest absolute Gasteiger partial charge is 0.227 e. The summed E-state index contributed by atoms with van der Waals surface area (Å²) in [5, 5.41) is 3.23. The molecule has 0 unspecified atom stereocenters. The minimum atomic E-state index is 0.488. The van der Waals surface area contributed by atoms with Crippen molar-refractivity contribution < 1.29 is 9.47 Å². The Hall–Kier alpha value is -4.06. The fraction of sp³-hybridized carbons (Fsp3) is 0.0833. The SMILES string of the molecule is COc1ccc(-c2ccnc(Nc3cccc(OCc4ccccc4)c3)n2)cc1N. The Kier molecular flexibility index (Phi) is 5.75. The number of hydrogen-bond donors (Lipinski definition) is 2. The second-order valence-electron chi connectivity index (χ2n) is 6.65. The second-order valence-corrected chi connectivity index (χ2v) is 6.65. The molecule has 0 bridgehead atoms. The van der Waals surface area contributed by atoms with E-state index in [-0.39, 0.29) is 0 Å². The van der Waals surface area contributed by atoms with Gasteiger partial charge in [0.05, 0.1) is 18.5 Å². The highest BCUT2D eigenvalue weighted by atomic mass is 16.5. The van der Waals surface area contributed by atoms with Gasteiger partial charge in [0.15, 0.2) is 0 Å². The lowest BCUT2D eigenvalue weighted by Crippen LogP contribution is -1.99. The third kappa shape index (κ3) is 4.67. The number of benzene rings is 3. The molecule has 0 aliphatic heterocycles. The van der Waals surface area contributed by atoms with E-state index >= 15 is 0 Å². The van der Waals surface area contributed by atoms with Crippen LogP contribution in [0.4, 0.5) is 17.3 Å². The van der Waals surface area contributed by atoms with Crippen LogP contribution in [0.3, 0.4) is 0 Å². The molecule has 150 valence electrons. The normalized spacial score (nSPS) is 10.4. The predicted molar refractivity (Wildman–Crippen MR) is 119 cm³/mol. The van der Waals surface area contributed by atoms with E-state index in [4.69, 9.17) is 15.2 Å². The fourth-order valence-electron chi connectivity index (χ4n) is 3.01. The van der Waals surface area contributed by atoms with Crippen molar-refractivity contribution in [1.29, 1.82) is 0 Å². The van der Waals surface area contributed by atoms with Gasteiger partial charge in [0.2, 0.25) is 5.95 Å². The number of hydrogen-bond acceptors (Lipinski definition) is 6. The summed E-state index contributed by atoms with van der Waals surface area (Å²) in [5.74, 6) is 1.89. The minimum Gasteiger partial charge on any atom is -0.495 e. The van der Waals surface area contributed by atoms with E-state index in [1.807, 2.05) is 78.9 Å². The largest absolute Gasteiger partial charge is 0.495 e. The Morgan fingerprint density at radius 2 is 1.80 bits per heavy atom. The number of anilines is 3. The van der Waals surface area contributed by atoms with E-state index in [9.17, 15) is 0 Å². The van der Waals surface area contributed by atoms with Crippen LogP contribution in [0.15, 0.2) is 85.1 Å². The maximum absolute atomic E-state index is 6.02. The molecule has 4 aromatic rings. The van der Waals surface area contributed by atoms with Crippen molar-refractivity contribution in [3.8, 4) is 22.8 Å². The Labute approximate surface area is 175 Å². The standard InChI is InChI=1S/C24H22N4O2/c1-29-23-11-10-18(14-21(23)25)22-12-13-26-24(28-22)27-19-8-5-9-20(15-19)30-16-17-6-3-2-4-7-17/h2-15H,16,25H2,1H3,(H,26,27,28). The average Bonchev–Trinajstić information content (AvgIpc) is 2.79. The number of rotatable bonds is 7. The van der Waals surface area contributed by atoms with Crippen LogP contribution in [0.1, 0.15) is 5.56 Å². The lowest BCUT2D eigenvalue weighted by atomic mass is 10.1. The Morgan fingerprint density at radius 1 is 0.933 bits per heavy atom. The maximum atomic E-state index is 6.02. The van der Waals surface area contributed by atoms with Gasteiger partial charge >= 0.3 is 0 Å². The first-order valence-electron chi connectivity index (χ1n) is 9.52. The molecule has 3 N–H and O–H groups in total. The van der Waals surface area contributed by atoms with E-state index in [2.05, 4.69) is 15.3 Å². The Balaban J connectivity index is 1.48. The quantitative estimate of drug-likeness (QED) is 0.424. The van der Waals surface area contributed by atoms with Gasteiger partial charge in [-0.1, -0.05) is 36.4 Å². The van der Waals surface area contributed by atoms with Gasteiger partial charge in [-0.3, -0.25) is 0 Å². The summed E-state index contributed by atoms with van der Waals surface area (Å²) in [6.45, 7) is 0.509. The van der Waals surface area contributed by atoms with Crippen molar-refractivity contribution in [2.24, 2.45) is 0 Å². The molecule has 4 rings (SSSR count). The first-order valence-corrected chi connectivity index (χ1v) is 9.52. The van der Waals surface area contributed by atoms with E-state index < -0.39 is 0 Å². The van der Waals surface area contributed by atoms with Crippen LogP contribution in [0.2, 0.25) is 0 Å². The van der Waals surface area contributed by atoms with E-state index in [1.165, 1.54) is 0 Å². The highest BCUT2D eigenvalue weighted by Gasteiger charge is 2.07. The third-order valence-corrected chi connectivity index (χ3v) is 4.52. The molecule has 1 aromatic heterocycles. The van der Waals surface area contributed by atoms with Gasteiger partial charge in [0, 0.05) is 23.5 Å². The molecular formula is C24H22N4O2. The summed E-state index contributed by atoms with van der Waals surface area (Å²) in [4.78, 5) is 8.92. The molecule has 3 aromatic carbocycles. The van der Waals surface area contributed by atoms with Crippen LogP contribution in [-0.2, 0) is 6.61 Å². The molecule has 6 heteroatoms. The molecule has 6 nitrogen and oxygen atoms in total.